The van der Waals surface area contributed by atoms with Crippen LogP contribution in [0.5, 0.6) is 0 Å². The molecule has 0 aliphatic rings. The summed E-state index contributed by atoms with van der Waals surface area (Å²) in [5, 5.41) is 0. The highest BCUT2D eigenvalue weighted by atomic mass is 16.3. The van der Waals surface area contributed by atoms with Crippen LogP contribution in [0.4, 0.5) is 0 Å². The fourth-order valence-corrected chi connectivity index (χ4v) is 1.84. The number of pyridine rings is 1. The van der Waals surface area contributed by atoms with E-state index in [0.29, 0.717) is 0 Å². The van der Waals surface area contributed by atoms with Crippen LogP contribution in [0.2, 0.25) is 0 Å². The van der Waals surface area contributed by atoms with Crippen LogP contribution in [0.15, 0.2) is 29.1 Å². The molecule has 0 amide bonds. The lowest BCUT2D eigenvalue weighted by atomic mass is 9.89. The van der Waals surface area contributed by atoms with Gasteiger partial charge in [0.25, 0.3) is 0 Å². The van der Waals surface area contributed by atoms with Crippen molar-refractivity contribution < 1.29 is 4.42 Å². The van der Waals surface area contributed by atoms with E-state index in [1.54, 1.807) is 6.20 Å². The molecule has 0 spiro atoms. The Labute approximate surface area is 102 Å². The molecular weight excluding hydrogens is 212 g/mol. The zero-order chi connectivity index (χ0) is 12.5. The molecule has 0 radical (unpaired) electrons. The highest BCUT2D eigenvalue weighted by molar-refractivity contribution is 5.62. The quantitative estimate of drug-likeness (QED) is 0.790. The van der Waals surface area contributed by atoms with Crippen molar-refractivity contribution in [3.05, 3.63) is 36.1 Å². The number of oxazole rings is 1. The lowest BCUT2D eigenvalue weighted by Gasteiger charge is -2.16. The summed E-state index contributed by atoms with van der Waals surface area (Å²) in [5.41, 5.74) is 3.21. The number of aromatic nitrogens is 2. The summed E-state index contributed by atoms with van der Waals surface area (Å²) in [5.74, 6) is 0.852. The number of hydrogen-bond donors (Lipinski definition) is 0. The van der Waals surface area contributed by atoms with Crippen LogP contribution >= 0.6 is 0 Å². The smallest absolute Gasteiger partial charge is 0.181 e. The molecule has 2 rings (SSSR count). The van der Waals surface area contributed by atoms with Crippen molar-refractivity contribution in [1.29, 1.82) is 0 Å². The van der Waals surface area contributed by atoms with E-state index in [4.69, 9.17) is 4.42 Å². The van der Waals surface area contributed by atoms with Gasteiger partial charge >= 0.3 is 0 Å². The molecule has 0 fully saturated rings. The Balaban J connectivity index is 2.41. The van der Waals surface area contributed by atoms with E-state index in [2.05, 4.69) is 30.7 Å². The van der Waals surface area contributed by atoms with Crippen LogP contribution in [0.3, 0.4) is 0 Å². The number of nitrogens with zero attached hydrogens (tertiary/aromatic N) is 2. The highest BCUT2D eigenvalue weighted by Crippen LogP contribution is 2.29. The topological polar surface area (TPSA) is 38.9 Å². The van der Waals surface area contributed by atoms with Gasteiger partial charge in [-0.15, -0.1) is 0 Å². The maximum atomic E-state index is 5.53. The van der Waals surface area contributed by atoms with E-state index in [1.807, 2.05) is 19.1 Å². The van der Waals surface area contributed by atoms with Crippen LogP contribution in [0.25, 0.3) is 11.3 Å². The Bertz CT molecular complexity index is 509. The molecule has 2 aromatic heterocycles. The Hall–Kier alpha value is -1.64. The zero-order valence-electron chi connectivity index (χ0n) is 10.8. The lowest BCUT2D eigenvalue weighted by molar-refractivity contribution is 0.406. The van der Waals surface area contributed by atoms with Crippen molar-refractivity contribution >= 4 is 0 Å². The summed E-state index contributed by atoms with van der Waals surface area (Å²) in [7, 11) is 0. The summed E-state index contributed by atoms with van der Waals surface area (Å²) in [6.07, 6.45) is 4.20. The molecule has 0 unspecified atom stereocenters. The minimum absolute atomic E-state index is 0.196. The van der Waals surface area contributed by atoms with Crippen molar-refractivity contribution in [2.75, 3.05) is 0 Å². The van der Waals surface area contributed by atoms with E-state index < -0.39 is 0 Å². The minimum atomic E-state index is 0.196. The van der Waals surface area contributed by atoms with Gasteiger partial charge < -0.3 is 4.42 Å². The van der Waals surface area contributed by atoms with Crippen LogP contribution in [-0.4, -0.2) is 9.97 Å². The fraction of sp³-hybridized carbons (Fsp3) is 0.429. The van der Waals surface area contributed by atoms with Gasteiger partial charge in [0.15, 0.2) is 12.2 Å². The van der Waals surface area contributed by atoms with Gasteiger partial charge in [-0.05, 0) is 30.9 Å². The molecule has 0 N–H and O–H groups in total. The van der Waals surface area contributed by atoms with E-state index in [0.717, 1.165) is 29.1 Å². The third-order valence-electron chi connectivity index (χ3n) is 2.59. The summed E-state index contributed by atoms with van der Waals surface area (Å²) < 4.78 is 5.53. The number of rotatable bonds is 2. The maximum Gasteiger partial charge on any atom is 0.181 e. The standard InChI is InChI=1S/C14H18N2O/c1-10-11(6-5-7-15-10)13-12(16-9-17-13)8-14(2,3)4/h5-7,9H,8H2,1-4H3. The van der Waals surface area contributed by atoms with Gasteiger partial charge in [0, 0.05) is 17.5 Å². The summed E-state index contributed by atoms with van der Waals surface area (Å²) >= 11 is 0. The predicted molar refractivity (Wildman–Crippen MR) is 67.6 cm³/mol. The third-order valence-corrected chi connectivity index (χ3v) is 2.59. The second-order valence-corrected chi connectivity index (χ2v) is 5.50. The van der Waals surface area contributed by atoms with Gasteiger partial charge in [0.1, 0.15) is 0 Å². The predicted octanol–water partition coefficient (Wildman–Crippen LogP) is 3.63. The average Bonchev–Trinajstić information content (AvgIpc) is 2.64. The molecule has 0 bridgehead atoms. The maximum absolute atomic E-state index is 5.53. The summed E-state index contributed by atoms with van der Waals surface area (Å²) in [6.45, 7) is 8.57. The van der Waals surface area contributed by atoms with Crippen molar-refractivity contribution in [3.8, 4) is 11.3 Å². The Morgan fingerprint density at radius 3 is 2.65 bits per heavy atom. The normalized spacial score (nSPS) is 11.8. The lowest BCUT2D eigenvalue weighted by Crippen LogP contribution is -2.10. The molecule has 17 heavy (non-hydrogen) atoms. The zero-order valence-corrected chi connectivity index (χ0v) is 10.8. The SMILES string of the molecule is Cc1ncccc1-c1ocnc1CC(C)(C)C. The van der Waals surface area contributed by atoms with Crippen LogP contribution in [0, 0.1) is 12.3 Å². The monoisotopic (exact) mass is 230 g/mol. The largest absolute Gasteiger partial charge is 0.443 e. The number of hydrogen-bond acceptors (Lipinski definition) is 3. The van der Waals surface area contributed by atoms with E-state index in [9.17, 15) is 0 Å². The minimum Gasteiger partial charge on any atom is -0.443 e. The first-order valence-corrected chi connectivity index (χ1v) is 5.82. The van der Waals surface area contributed by atoms with Crippen molar-refractivity contribution in [1.82, 2.24) is 9.97 Å². The van der Waals surface area contributed by atoms with E-state index >= 15 is 0 Å². The van der Waals surface area contributed by atoms with Gasteiger partial charge in [0.05, 0.1) is 5.69 Å². The summed E-state index contributed by atoms with van der Waals surface area (Å²) in [4.78, 5) is 8.61. The van der Waals surface area contributed by atoms with Crippen LogP contribution in [-0.2, 0) is 6.42 Å². The van der Waals surface area contributed by atoms with Gasteiger partial charge in [-0.1, -0.05) is 20.8 Å². The molecule has 0 aliphatic heterocycles. The third kappa shape index (κ3) is 2.73. The first kappa shape index (κ1) is 11.8. The summed E-state index contributed by atoms with van der Waals surface area (Å²) in [6, 6.07) is 3.95. The second-order valence-electron chi connectivity index (χ2n) is 5.50. The molecule has 3 nitrogen and oxygen atoms in total. The fourth-order valence-electron chi connectivity index (χ4n) is 1.84. The molecule has 3 heteroatoms. The Morgan fingerprint density at radius 2 is 2.00 bits per heavy atom. The van der Waals surface area contributed by atoms with Gasteiger partial charge in [0.2, 0.25) is 0 Å². The van der Waals surface area contributed by atoms with E-state index in [-0.39, 0.29) is 5.41 Å². The molecule has 2 heterocycles. The van der Waals surface area contributed by atoms with Gasteiger partial charge in [-0.3, -0.25) is 4.98 Å². The Kier molecular flexibility index (Phi) is 3.01. The first-order chi connectivity index (χ1) is 7.97. The van der Waals surface area contributed by atoms with Gasteiger partial charge in [-0.2, -0.15) is 0 Å². The molecule has 0 aromatic carbocycles. The average molecular weight is 230 g/mol. The molecule has 0 aliphatic carbocycles. The van der Waals surface area contributed by atoms with Crippen molar-refractivity contribution in [2.24, 2.45) is 5.41 Å². The molecular formula is C14H18N2O. The number of aryl methyl sites for hydroxylation is 1. The molecule has 90 valence electrons. The molecule has 0 saturated heterocycles. The van der Waals surface area contributed by atoms with Crippen molar-refractivity contribution in [2.45, 2.75) is 34.1 Å². The van der Waals surface area contributed by atoms with Crippen molar-refractivity contribution in [3.63, 3.8) is 0 Å². The first-order valence-electron chi connectivity index (χ1n) is 5.82. The Morgan fingerprint density at radius 1 is 1.24 bits per heavy atom. The highest BCUT2D eigenvalue weighted by Gasteiger charge is 2.19. The second kappa shape index (κ2) is 4.32. The molecule has 0 atom stereocenters. The van der Waals surface area contributed by atoms with Crippen LogP contribution < -0.4 is 0 Å². The molecule has 0 saturated carbocycles. The van der Waals surface area contributed by atoms with Gasteiger partial charge in [-0.25, -0.2) is 4.98 Å². The van der Waals surface area contributed by atoms with E-state index in [1.165, 1.54) is 6.39 Å². The molecule has 2 aromatic rings. The van der Waals surface area contributed by atoms with Crippen LogP contribution in [0.1, 0.15) is 32.2 Å².